The zero-order chi connectivity index (χ0) is 18.4. The van der Waals surface area contributed by atoms with Gasteiger partial charge in [0.1, 0.15) is 5.41 Å². The third-order valence-corrected chi connectivity index (χ3v) is 5.81. The molecule has 26 heavy (non-hydrogen) atoms. The van der Waals surface area contributed by atoms with Gasteiger partial charge < -0.3 is 10.0 Å². The van der Waals surface area contributed by atoms with Gasteiger partial charge in [-0.25, -0.2) is 4.89 Å². The number of likely N-dealkylation sites (tertiary alicyclic amines) is 1. The van der Waals surface area contributed by atoms with E-state index in [4.69, 9.17) is 9.78 Å². The van der Waals surface area contributed by atoms with E-state index in [0.29, 0.717) is 13.0 Å². The summed E-state index contributed by atoms with van der Waals surface area (Å²) in [5.74, 6) is -1.77. The zero-order valence-electron chi connectivity index (χ0n) is 15.0. The summed E-state index contributed by atoms with van der Waals surface area (Å²) in [5, 5.41) is 11.1. The molecule has 0 aromatic heterocycles. The van der Waals surface area contributed by atoms with Gasteiger partial charge in [0, 0.05) is 13.0 Å². The molecular weight excluding hydrogens is 330 g/mol. The Labute approximate surface area is 153 Å². The van der Waals surface area contributed by atoms with Crippen molar-refractivity contribution in [1.29, 1.82) is 0 Å². The standard InChI is InChI=1S/C21H23NO4/c1-3-22-15-21(24)19(2,18(22)23)14-20(25-26-21,16-10-6-4-7-11-16)17-12-8-5-9-13-17/h4-13,24H,3,14-15H2,1-2H3. The Hall–Kier alpha value is -2.21. The predicted molar refractivity (Wildman–Crippen MR) is 95.8 cm³/mol. The molecule has 5 nitrogen and oxygen atoms in total. The van der Waals surface area contributed by atoms with Crippen LogP contribution in [0.15, 0.2) is 60.7 Å². The van der Waals surface area contributed by atoms with Gasteiger partial charge in [-0.05, 0) is 25.0 Å². The number of carbonyl (C=O) groups excluding carboxylic acids is 1. The molecule has 0 radical (unpaired) electrons. The number of rotatable bonds is 3. The topological polar surface area (TPSA) is 59.0 Å². The second-order valence-corrected chi connectivity index (χ2v) is 7.34. The number of carbonyl (C=O) groups is 1. The maximum absolute atomic E-state index is 13.1. The van der Waals surface area contributed by atoms with Crippen molar-refractivity contribution in [1.82, 2.24) is 4.90 Å². The van der Waals surface area contributed by atoms with Crippen molar-refractivity contribution in [2.75, 3.05) is 13.1 Å². The van der Waals surface area contributed by atoms with Crippen LogP contribution in [0.4, 0.5) is 0 Å². The first-order valence-electron chi connectivity index (χ1n) is 8.95. The minimum Gasteiger partial charge on any atom is -0.361 e. The van der Waals surface area contributed by atoms with Crippen LogP contribution in [-0.4, -0.2) is 34.8 Å². The Balaban J connectivity index is 1.87. The molecule has 0 spiro atoms. The molecule has 5 heteroatoms. The molecule has 0 bridgehead atoms. The zero-order valence-corrected chi connectivity index (χ0v) is 15.0. The first-order chi connectivity index (χ1) is 12.5. The third kappa shape index (κ3) is 2.24. The highest BCUT2D eigenvalue weighted by Gasteiger charge is 2.68. The van der Waals surface area contributed by atoms with Gasteiger partial charge in [0.25, 0.3) is 0 Å². The van der Waals surface area contributed by atoms with Gasteiger partial charge in [-0.3, -0.25) is 4.79 Å². The molecule has 1 N–H and O–H groups in total. The fourth-order valence-electron chi connectivity index (χ4n) is 4.16. The molecule has 0 saturated carbocycles. The molecule has 0 aliphatic carbocycles. The molecule has 2 unspecified atom stereocenters. The van der Waals surface area contributed by atoms with Crippen LogP contribution < -0.4 is 0 Å². The molecule has 2 saturated heterocycles. The van der Waals surface area contributed by atoms with E-state index in [2.05, 4.69) is 0 Å². The molecule has 2 atom stereocenters. The van der Waals surface area contributed by atoms with E-state index in [-0.39, 0.29) is 12.5 Å². The van der Waals surface area contributed by atoms with Gasteiger partial charge in [0.05, 0.1) is 6.54 Å². The SMILES string of the molecule is CCN1CC2(O)OOC(c3ccccc3)(c3ccccc3)CC2(C)C1=O. The van der Waals surface area contributed by atoms with Crippen molar-refractivity contribution >= 4 is 5.91 Å². The second-order valence-electron chi connectivity index (χ2n) is 7.34. The Morgan fingerprint density at radius 3 is 2.04 bits per heavy atom. The lowest BCUT2D eigenvalue weighted by molar-refractivity contribution is -0.500. The van der Waals surface area contributed by atoms with Gasteiger partial charge in [-0.2, -0.15) is 4.89 Å². The summed E-state index contributed by atoms with van der Waals surface area (Å²) < 4.78 is 0. The van der Waals surface area contributed by atoms with Crippen LogP contribution in [0.2, 0.25) is 0 Å². The van der Waals surface area contributed by atoms with Crippen LogP contribution in [0.3, 0.4) is 0 Å². The number of fused-ring (bicyclic) bond motifs is 1. The van der Waals surface area contributed by atoms with Crippen molar-refractivity contribution < 1.29 is 19.7 Å². The highest BCUT2D eigenvalue weighted by Crippen LogP contribution is 2.56. The third-order valence-electron chi connectivity index (χ3n) is 5.81. The van der Waals surface area contributed by atoms with Crippen LogP contribution in [-0.2, 0) is 20.2 Å². The summed E-state index contributed by atoms with van der Waals surface area (Å²) in [7, 11) is 0. The summed E-state index contributed by atoms with van der Waals surface area (Å²) in [5.41, 5.74) is -0.301. The number of benzene rings is 2. The highest BCUT2D eigenvalue weighted by atomic mass is 17.2. The van der Waals surface area contributed by atoms with E-state index in [9.17, 15) is 9.90 Å². The fraction of sp³-hybridized carbons (Fsp3) is 0.381. The van der Waals surface area contributed by atoms with Gasteiger partial charge in [-0.1, -0.05) is 60.7 Å². The lowest BCUT2D eigenvalue weighted by Gasteiger charge is -2.48. The van der Waals surface area contributed by atoms with Crippen molar-refractivity contribution in [3.8, 4) is 0 Å². The second kappa shape index (κ2) is 5.91. The van der Waals surface area contributed by atoms with Crippen LogP contribution in [0.5, 0.6) is 0 Å². The maximum atomic E-state index is 13.1. The maximum Gasteiger partial charge on any atom is 0.234 e. The fourth-order valence-corrected chi connectivity index (χ4v) is 4.16. The van der Waals surface area contributed by atoms with Gasteiger partial charge in [-0.15, -0.1) is 0 Å². The van der Waals surface area contributed by atoms with Crippen molar-refractivity contribution in [2.24, 2.45) is 5.41 Å². The summed E-state index contributed by atoms with van der Waals surface area (Å²) >= 11 is 0. The van der Waals surface area contributed by atoms with Crippen LogP contribution in [0.25, 0.3) is 0 Å². The molecule has 4 rings (SSSR count). The molecule has 1 amide bonds. The van der Waals surface area contributed by atoms with Gasteiger partial charge in [0.15, 0.2) is 5.60 Å². The molecule has 2 fully saturated rings. The van der Waals surface area contributed by atoms with Crippen molar-refractivity contribution in [2.45, 2.75) is 31.7 Å². The summed E-state index contributed by atoms with van der Waals surface area (Å²) in [6.07, 6.45) is 0.292. The predicted octanol–water partition coefficient (Wildman–Crippen LogP) is 2.84. The number of aliphatic hydroxyl groups is 1. The smallest absolute Gasteiger partial charge is 0.234 e. The van der Waals surface area contributed by atoms with E-state index in [1.54, 1.807) is 11.8 Å². The van der Waals surface area contributed by atoms with Gasteiger partial charge in [0.2, 0.25) is 11.7 Å². The lowest BCUT2D eigenvalue weighted by Crippen LogP contribution is -2.58. The minimum atomic E-state index is -1.66. The minimum absolute atomic E-state index is 0.109. The van der Waals surface area contributed by atoms with Crippen LogP contribution in [0, 0.1) is 5.41 Å². The number of hydrogen-bond acceptors (Lipinski definition) is 4. The number of hydrogen-bond donors (Lipinski definition) is 1. The van der Waals surface area contributed by atoms with Crippen molar-refractivity contribution in [3.05, 3.63) is 71.8 Å². The summed E-state index contributed by atoms with van der Waals surface area (Å²) in [6, 6.07) is 19.4. The van der Waals surface area contributed by atoms with E-state index >= 15 is 0 Å². The Kier molecular flexibility index (Phi) is 3.91. The molecule has 136 valence electrons. The van der Waals surface area contributed by atoms with Gasteiger partial charge >= 0.3 is 0 Å². The summed E-state index contributed by atoms with van der Waals surface area (Å²) in [6.45, 7) is 4.29. The average molecular weight is 353 g/mol. The summed E-state index contributed by atoms with van der Waals surface area (Å²) in [4.78, 5) is 26.2. The number of likely N-dealkylation sites (N-methyl/N-ethyl adjacent to an activating group) is 1. The normalized spacial score (nSPS) is 30.3. The Morgan fingerprint density at radius 2 is 1.54 bits per heavy atom. The first kappa shape index (κ1) is 17.2. The van der Waals surface area contributed by atoms with Crippen molar-refractivity contribution in [3.63, 3.8) is 0 Å². The largest absolute Gasteiger partial charge is 0.361 e. The lowest BCUT2D eigenvalue weighted by atomic mass is 9.68. The molecule has 2 aromatic carbocycles. The number of nitrogens with zero attached hydrogens (tertiary/aromatic N) is 1. The molecule has 2 aliphatic heterocycles. The number of amides is 1. The monoisotopic (exact) mass is 353 g/mol. The number of β-amino-alcohol motifs (C(OH)–C–C–N with tert-alkyl or cyclic N) is 1. The van der Waals surface area contributed by atoms with Crippen LogP contribution >= 0.6 is 0 Å². The van der Waals surface area contributed by atoms with E-state index < -0.39 is 16.8 Å². The van der Waals surface area contributed by atoms with E-state index in [1.165, 1.54) is 0 Å². The molecular formula is C21H23NO4. The first-order valence-corrected chi connectivity index (χ1v) is 8.95. The molecule has 2 aromatic rings. The molecule has 2 aliphatic rings. The van der Waals surface area contributed by atoms with E-state index in [1.807, 2.05) is 67.6 Å². The highest BCUT2D eigenvalue weighted by molar-refractivity contribution is 5.86. The van der Waals surface area contributed by atoms with E-state index in [0.717, 1.165) is 11.1 Å². The Bertz CT molecular complexity index is 770. The molecule has 2 heterocycles. The van der Waals surface area contributed by atoms with Crippen LogP contribution in [0.1, 0.15) is 31.4 Å². The average Bonchev–Trinajstić information content (AvgIpc) is 2.89. The quantitative estimate of drug-likeness (QED) is 0.862. The Morgan fingerprint density at radius 1 is 1.00 bits per heavy atom.